The van der Waals surface area contributed by atoms with E-state index in [0.29, 0.717) is 5.13 Å². The highest BCUT2D eigenvalue weighted by Crippen LogP contribution is 2.31. The molecule has 1 aliphatic heterocycles. The molecule has 84 valence electrons. The lowest BCUT2D eigenvalue weighted by atomic mass is 10.1. The topological polar surface area (TPSA) is 36.4 Å². The highest BCUT2D eigenvalue weighted by molar-refractivity contribution is 7.15. The van der Waals surface area contributed by atoms with Gasteiger partial charge in [0, 0.05) is 24.0 Å². The first kappa shape index (κ1) is 10.8. The van der Waals surface area contributed by atoms with Crippen molar-refractivity contribution in [2.24, 2.45) is 0 Å². The summed E-state index contributed by atoms with van der Waals surface area (Å²) < 4.78 is 26.3. The molecule has 6 heteroatoms. The van der Waals surface area contributed by atoms with Crippen LogP contribution < -0.4 is 4.90 Å². The molecule has 1 N–H and O–H groups in total. The Morgan fingerprint density at radius 1 is 1.67 bits per heavy atom. The van der Waals surface area contributed by atoms with Crippen molar-refractivity contribution < 1.29 is 13.9 Å². The maximum atomic E-state index is 13.2. The molecule has 2 heterocycles. The zero-order valence-electron chi connectivity index (χ0n) is 8.28. The number of hydrogen-bond acceptors (Lipinski definition) is 4. The third-order valence-corrected chi connectivity index (χ3v) is 3.24. The normalized spacial score (nSPS) is 25.6. The van der Waals surface area contributed by atoms with Crippen molar-refractivity contribution in [3.05, 3.63) is 11.1 Å². The molecule has 1 unspecified atom stereocenters. The molecule has 0 radical (unpaired) electrons. The summed E-state index contributed by atoms with van der Waals surface area (Å²) in [7, 11) is 0. The standard InChI is InChI=1S/C9H12F2N2OS/c1-6-3-12-8(15-6)13-4-7(14)2-9(10,11)5-13/h3,7,14H,2,4-5H2,1H3. The second-order valence-electron chi connectivity index (χ2n) is 3.85. The van der Waals surface area contributed by atoms with Crippen molar-refractivity contribution in [2.75, 3.05) is 18.0 Å². The fraction of sp³-hybridized carbons (Fsp3) is 0.667. The number of aliphatic hydroxyl groups is 1. The number of hydrogen-bond donors (Lipinski definition) is 1. The highest BCUT2D eigenvalue weighted by atomic mass is 32.1. The predicted molar refractivity (Wildman–Crippen MR) is 54.6 cm³/mol. The van der Waals surface area contributed by atoms with Crippen LogP contribution in [0.1, 0.15) is 11.3 Å². The van der Waals surface area contributed by atoms with Gasteiger partial charge in [-0.15, -0.1) is 11.3 Å². The molecule has 0 spiro atoms. The summed E-state index contributed by atoms with van der Waals surface area (Å²) in [6, 6.07) is 0. The maximum Gasteiger partial charge on any atom is 0.267 e. The predicted octanol–water partition coefficient (Wildman–Crippen LogP) is 1.66. The molecule has 0 bridgehead atoms. The molecule has 1 aliphatic rings. The van der Waals surface area contributed by atoms with Crippen LogP contribution in [-0.2, 0) is 0 Å². The van der Waals surface area contributed by atoms with Gasteiger partial charge in [0.05, 0.1) is 12.6 Å². The zero-order valence-corrected chi connectivity index (χ0v) is 9.10. The number of aromatic nitrogens is 1. The van der Waals surface area contributed by atoms with Gasteiger partial charge < -0.3 is 10.0 Å². The number of alkyl halides is 2. The first-order valence-corrected chi connectivity index (χ1v) is 5.51. The molecule has 2 rings (SSSR count). The van der Waals surface area contributed by atoms with E-state index in [1.807, 2.05) is 6.92 Å². The van der Waals surface area contributed by atoms with E-state index in [9.17, 15) is 13.9 Å². The lowest BCUT2D eigenvalue weighted by molar-refractivity contribution is -0.0529. The average Bonchev–Trinajstić information content (AvgIpc) is 2.48. The maximum absolute atomic E-state index is 13.2. The quantitative estimate of drug-likeness (QED) is 0.802. The van der Waals surface area contributed by atoms with Gasteiger partial charge in [0.1, 0.15) is 0 Å². The van der Waals surface area contributed by atoms with Gasteiger partial charge in [0.25, 0.3) is 5.92 Å². The van der Waals surface area contributed by atoms with Crippen molar-refractivity contribution in [1.82, 2.24) is 4.98 Å². The Labute approximate surface area is 90.4 Å². The van der Waals surface area contributed by atoms with Gasteiger partial charge in [-0.05, 0) is 6.92 Å². The molecule has 1 aromatic heterocycles. The molecule has 15 heavy (non-hydrogen) atoms. The Kier molecular flexibility index (Phi) is 2.64. The number of nitrogens with zero attached hydrogens (tertiary/aromatic N) is 2. The van der Waals surface area contributed by atoms with Gasteiger partial charge in [-0.2, -0.15) is 0 Å². The molecule has 0 aromatic carbocycles. The SMILES string of the molecule is Cc1cnc(N2CC(O)CC(F)(F)C2)s1. The van der Waals surface area contributed by atoms with Crippen molar-refractivity contribution >= 4 is 16.5 Å². The van der Waals surface area contributed by atoms with Crippen LogP contribution >= 0.6 is 11.3 Å². The average molecular weight is 234 g/mol. The highest BCUT2D eigenvalue weighted by Gasteiger charge is 2.40. The van der Waals surface area contributed by atoms with Crippen LogP contribution in [0, 0.1) is 6.92 Å². The van der Waals surface area contributed by atoms with E-state index in [4.69, 9.17) is 0 Å². The summed E-state index contributed by atoms with van der Waals surface area (Å²) in [5.74, 6) is -2.82. The van der Waals surface area contributed by atoms with Crippen LogP contribution in [0.25, 0.3) is 0 Å². The first-order chi connectivity index (χ1) is 6.96. The molecule has 0 saturated carbocycles. The molecular weight excluding hydrogens is 222 g/mol. The number of halogens is 2. The molecule has 1 aromatic rings. The van der Waals surface area contributed by atoms with Gasteiger partial charge in [-0.25, -0.2) is 13.8 Å². The number of β-amino-alcohol motifs (C(OH)–C–C–N with tert-alkyl or cyclic N) is 1. The molecular formula is C9H12F2N2OS. The Bertz CT molecular complexity index is 356. The largest absolute Gasteiger partial charge is 0.391 e. The van der Waals surface area contributed by atoms with Crippen LogP contribution in [-0.4, -0.2) is 35.2 Å². The van der Waals surface area contributed by atoms with E-state index in [0.717, 1.165) is 4.88 Å². The minimum absolute atomic E-state index is 0.239. The number of thiazole rings is 1. The summed E-state index contributed by atoms with van der Waals surface area (Å²) in [5.41, 5.74) is 0. The van der Waals surface area contributed by atoms with Gasteiger partial charge in [0.15, 0.2) is 5.13 Å². The molecule has 1 saturated heterocycles. The fourth-order valence-corrected chi connectivity index (χ4v) is 2.47. The minimum Gasteiger partial charge on any atom is -0.391 e. The monoisotopic (exact) mass is 234 g/mol. The second-order valence-corrected chi connectivity index (χ2v) is 5.06. The summed E-state index contributed by atoms with van der Waals surface area (Å²) in [6.45, 7) is 1.76. The third kappa shape index (κ3) is 2.43. The van der Waals surface area contributed by atoms with E-state index in [2.05, 4.69) is 4.98 Å². The second kappa shape index (κ2) is 3.68. The number of aryl methyl sites for hydroxylation is 1. The Morgan fingerprint density at radius 3 is 2.93 bits per heavy atom. The summed E-state index contributed by atoms with van der Waals surface area (Å²) >= 11 is 1.37. The summed E-state index contributed by atoms with van der Waals surface area (Å²) in [5, 5.41) is 9.90. The van der Waals surface area contributed by atoms with Crippen LogP contribution in [0.3, 0.4) is 0 Å². The fourth-order valence-electron chi connectivity index (χ4n) is 1.71. The minimum atomic E-state index is -2.82. The molecule has 3 nitrogen and oxygen atoms in total. The smallest absolute Gasteiger partial charge is 0.267 e. The van der Waals surface area contributed by atoms with Crippen LogP contribution in [0.15, 0.2) is 6.20 Å². The molecule has 0 aliphatic carbocycles. The van der Waals surface area contributed by atoms with Gasteiger partial charge >= 0.3 is 0 Å². The first-order valence-electron chi connectivity index (χ1n) is 4.69. The summed E-state index contributed by atoms with van der Waals surface area (Å²) in [4.78, 5) is 6.47. The van der Waals surface area contributed by atoms with E-state index in [1.165, 1.54) is 16.2 Å². The van der Waals surface area contributed by atoms with Crippen LogP contribution in [0.5, 0.6) is 0 Å². The number of piperidine rings is 1. The van der Waals surface area contributed by atoms with Gasteiger partial charge in [0.2, 0.25) is 0 Å². The van der Waals surface area contributed by atoms with Crippen molar-refractivity contribution in [3.63, 3.8) is 0 Å². The van der Waals surface area contributed by atoms with E-state index >= 15 is 0 Å². The van der Waals surface area contributed by atoms with Crippen LogP contribution in [0.4, 0.5) is 13.9 Å². The van der Waals surface area contributed by atoms with E-state index < -0.39 is 18.4 Å². The Hall–Kier alpha value is -0.750. The summed E-state index contributed by atoms with van der Waals surface area (Å²) in [6.07, 6.45) is 0.227. The Balaban J connectivity index is 2.16. The van der Waals surface area contributed by atoms with Gasteiger partial charge in [-0.3, -0.25) is 0 Å². The molecule has 1 atom stereocenters. The number of aliphatic hydroxyl groups excluding tert-OH is 1. The zero-order chi connectivity index (χ0) is 11.1. The van der Waals surface area contributed by atoms with Crippen molar-refractivity contribution in [1.29, 1.82) is 0 Å². The van der Waals surface area contributed by atoms with E-state index in [-0.39, 0.29) is 13.1 Å². The lowest BCUT2D eigenvalue weighted by Crippen LogP contribution is -2.49. The Morgan fingerprint density at radius 2 is 2.40 bits per heavy atom. The van der Waals surface area contributed by atoms with Crippen molar-refractivity contribution in [3.8, 4) is 0 Å². The van der Waals surface area contributed by atoms with E-state index in [1.54, 1.807) is 6.20 Å². The number of anilines is 1. The molecule has 1 fully saturated rings. The van der Waals surface area contributed by atoms with Gasteiger partial charge in [-0.1, -0.05) is 0 Å². The lowest BCUT2D eigenvalue weighted by Gasteiger charge is -2.35. The third-order valence-electron chi connectivity index (χ3n) is 2.27. The van der Waals surface area contributed by atoms with Crippen LogP contribution in [0.2, 0.25) is 0 Å². The van der Waals surface area contributed by atoms with Crippen molar-refractivity contribution in [2.45, 2.75) is 25.4 Å². The molecule has 0 amide bonds. The number of rotatable bonds is 1.